The summed E-state index contributed by atoms with van der Waals surface area (Å²) in [5.74, 6) is 1.30. The summed E-state index contributed by atoms with van der Waals surface area (Å²) in [6.45, 7) is 6.84. The molecule has 0 bridgehead atoms. The molecule has 0 aliphatic heterocycles. The third-order valence-electron chi connectivity index (χ3n) is 4.36. The first kappa shape index (κ1) is 13.5. The molecule has 0 spiro atoms. The lowest BCUT2D eigenvalue weighted by atomic mass is 9.78. The SMILES string of the molecule is CC(NC1C(C)CCCC1C)c1ccc(F)cc1. The predicted molar refractivity (Wildman–Crippen MR) is 73.9 cm³/mol. The summed E-state index contributed by atoms with van der Waals surface area (Å²) in [5, 5.41) is 3.73. The Balaban J connectivity index is 2.01. The van der Waals surface area contributed by atoms with Gasteiger partial charge in [0.2, 0.25) is 0 Å². The van der Waals surface area contributed by atoms with Gasteiger partial charge in [-0.3, -0.25) is 0 Å². The van der Waals surface area contributed by atoms with Crippen LogP contribution in [0.1, 0.15) is 51.6 Å². The summed E-state index contributed by atoms with van der Waals surface area (Å²) in [6.07, 6.45) is 3.99. The van der Waals surface area contributed by atoms with Crippen LogP contribution in [-0.2, 0) is 0 Å². The molecule has 0 heterocycles. The van der Waals surface area contributed by atoms with Gasteiger partial charge in [-0.1, -0.05) is 32.4 Å². The monoisotopic (exact) mass is 249 g/mol. The van der Waals surface area contributed by atoms with Crippen molar-refractivity contribution in [3.63, 3.8) is 0 Å². The number of halogens is 1. The van der Waals surface area contributed by atoms with Crippen LogP contribution in [0.15, 0.2) is 24.3 Å². The smallest absolute Gasteiger partial charge is 0.123 e. The standard InChI is InChI=1S/C16H24FN/c1-11-5-4-6-12(2)16(11)18-13(3)14-7-9-15(17)10-8-14/h7-13,16,18H,4-6H2,1-3H3. The van der Waals surface area contributed by atoms with Crippen LogP contribution in [-0.4, -0.2) is 6.04 Å². The van der Waals surface area contributed by atoms with Crippen LogP contribution in [0.3, 0.4) is 0 Å². The first-order chi connectivity index (χ1) is 8.58. The molecule has 0 saturated heterocycles. The summed E-state index contributed by atoms with van der Waals surface area (Å²) in [7, 11) is 0. The molecule has 1 aromatic rings. The van der Waals surface area contributed by atoms with Crippen molar-refractivity contribution in [2.45, 2.75) is 52.1 Å². The topological polar surface area (TPSA) is 12.0 Å². The van der Waals surface area contributed by atoms with Crippen molar-refractivity contribution in [1.29, 1.82) is 0 Å². The van der Waals surface area contributed by atoms with E-state index in [1.807, 2.05) is 12.1 Å². The van der Waals surface area contributed by atoms with Crippen LogP contribution in [0.2, 0.25) is 0 Å². The van der Waals surface area contributed by atoms with Gasteiger partial charge in [-0.15, -0.1) is 0 Å². The molecule has 1 aliphatic carbocycles. The lowest BCUT2D eigenvalue weighted by molar-refractivity contribution is 0.196. The highest BCUT2D eigenvalue weighted by Gasteiger charge is 2.28. The fourth-order valence-corrected chi connectivity index (χ4v) is 3.15. The molecule has 1 saturated carbocycles. The van der Waals surface area contributed by atoms with Crippen molar-refractivity contribution in [2.75, 3.05) is 0 Å². The zero-order chi connectivity index (χ0) is 13.1. The Morgan fingerprint density at radius 1 is 1.11 bits per heavy atom. The largest absolute Gasteiger partial charge is 0.307 e. The van der Waals surface area contributed by atoms with Crippen LogP contribution < -0.4 is 5.32 Å². The third-order valence-corrected chi connectivity index (χ3v) is 4.36. The molecule has 0 amide bonds. The average Bonchev–Trinajstić information content (AvgIpc) is 2.34. The van der Waals surface area contributed by atoms with Crippen LogP contribution in [0.4, 0.5) is 4.39 Å². The molecule has 2 heteroatoms. The molecule has 1 N–H and O–H groups in total. The van der Waals surface area contributed by atoms with Gasteiger partial charge in [-0.05, 0) is 49.3 Å². The maximum Gasteiger partial charge on any atom is 0.123 e. The molecule has 0 radical (unpaired) electrons. The summed E-state index contributed by atoms with van der Waals surface area (Å²) in [6, 6.07) is 7.72. The molecule has 0 aromatic heterocycles. The molecule has 1 nitrogen and oxygen atoms in total. The lowest BCUT2D eigenvalue weighted by Gasteiger charge is -2.37. The molecule has 18 heavy (non-hydrogen) atoms. The van der Waals surface area contributed by atoms with E-state index in [1.165, 1.54) is 24.8 Å². The minimum Gasteiger partial charge on any atom is -0.307 e. The lowest BCUT2D eigenvalue weighted by Crippen LogP contribution is -2.43. The highest BCUT2D eigenvalue weighted by atomic mass is 19.1. The first-order valence-corrected chi connectivity index (χ1v) is 7.09. The quantitative estimate of drug-likeness (QED) is 0.842. The van der Waals surface area contributed by atoms with Crippen molar-refractivity contribution in [1.82, 2.24) is 5.32 Å². The minimum absolute atomic E-state index is 0.162. The maximum atomic E-state index is 12.9. The number of hydrogen-bond donors (Lipinski definition) is 1. The van der Waals surface area contributed by atoms with Crippen LogP contribution in [0, 0.1) is 17.7 Å². The van der Waals surface area contributed by atoms with Gasteiger partial charge in [0.15, 0.2) is 0 Å². The van der Waals surface area contributed by atoms with E-state index in [-0.39, 0.29) is 5.82 Å². The van der Waals surface area contributed by atoms with Crippen molar-refractivity contribution in [2.24, 2.45) is 11.8 Å². The summed E-state index contributed by atoms with van der Waals surface area (Å²) in [5.41, 5.74) is 1.17. The average molecular weight is 249 g/mol. The van der Waals surface area contributed by atoms with Gasteiger partial charge >= 0.3 is 0 Å². The molecular weight excluding hydrogens is 225 g/mol. The predicted octanol–water partition coefficient (Wildman–Crippen LogP) is 4.30. The highest BCUT2D eigenvalue weighted by Crippen LogP contribution is 2.30. The van der Waals surface area contributed by atoms with Gasteiger partial charge in [0.1, 0.15) is 5.82 Å². The molecule has 100 valence electrons. The van der Waals surface area contributed by atoms with Crippen molar-refractivity contribution < 1.29 is 4.39 Å². The Labute approximate surface area is 110 Å². The molecule has 3 atom stereocenters. The van der Waals surface area contributed by atoms with Gasteiger partial charge in [0.05, 0.1) is 0 Å². The van der Waals surface area contributed by atoms with E-state index in [0.29, 0.717) is 12.1 Å². The van der Waals surface area contributed by atoms with E-state index >= 15 is 0 Å². The summed E-state index contributed by atoms with van der Waals surface area (Å²) in [4.78, 5) is 0. The van der Waals surface area contributed by atoms with E-state index in [1.54, 1.807) is 12.1 Å². The maximum absolute atomic E-state index is 12.9. The van der Waals surface area contributed by atoms with Crippen LogP contribution in [0.25, 0.3) is 0 Å². The fourth-order valence-electron chi connectivity index (χ4n) is 3.15. The summed E-state index contributed by atoms with van der Waals surface area (Å²) < 4.78 is 12.9. The van der Waals surface area contributed by atoms with Crippen molar-refractivity contribution >= 4 is 0 Å². The fraction of sp³-hybridized carbons (Fsp3) is 0.625. The van der Waals surface area contributed by atoms with E-state index < -0.39 is 0 Å². The zero-order valence-electron chi connectivity index (χ0n) is 11.6. The van der Waals surface area contributed by atoms with Crippen LogP contribution >= 0.6 is 0 Å². The second-order valence-corrected chi connectivity index (χ2v) is 5.85. The van der Waals surface area contributed by atoms with Gasteiger partial charge in [-0.25, -0.2) is 4.39 Å². The normalized spacial score (nSPS) is 30.1. The Hall–Kier alpha value is -0.890. The van der Waals surface area contributed by atoms with Crippen molar-refractivity contribution in [3.05, 3.63) is 35.6 Å². The van der Waals surface area contributed by atoms with E-state index in [0.717, 1.165) is 11.8 Å². The van der Waals surface area contributed by atoms with E-state index in [2.05, 4.69) is 26.1 Å². The van der Waals surface area contributed by atoms with Gasteiger partial charge in [-0.2, -0.15) is 0 Å². The molecule has 2 rings (SSSR count). The molecule has 1 aliphatic rings. The highest BCUT2D eigenvalue weighted by molar-refractivity contribution is 5.19. The molecule has 1 fully saturated rings. The molecular formula is C16H24FN. The third kappa shape index (κ3) is 3.11. The van der Waals surface area contributed by atoms with Crippen molar-refractivity contribution in [3.8, 4) is 0 Å². The van der Waals surface area contributed by atoms with Gasteiger partial charge in [0, 0.05) is 12.1 Å². The Morgan fingerprint density at radius 3 is 2.22 bits per heavy atom. The second kappa shape index (κ2) is 5.83. The second-order valence-electron chi connectivity index (χ2n) is 5.85. The Bertz CT molecular complexity index is 363. The van der Waals surface area contributed by atoms with Gasteiger partial charge < -0.3 is 5.32 Å². The number of benzene rings is 1. The van der Waals surface area contributed by atoms with Gasteiger partial charge in [0.25, 0.3) is 0 Å². The minimum atomic E-state index is -0.162. The Kier molecular flexibility index (Phi) is 4.39. The Morgan fingerprint density at radius 2 is 1.67 bits per heavy atom. The summed E-state index contributed by atoms with van der Waals surface area (Å²) >= 11 is 0. The number of hydrogen-bond acceptors (Lipinski definition) is 1. The van der Waals surface area contributed by atoms with E-state index in [4.69, 9.17) is 0 Å². The number of nitrogens with one attached hydrogen (secondary N) is 1. The molecule has 3 unspecified atom stereocenters. The zero-order valence-corrected chi connectivity index (χ0v) is 11.6. The van der Waals surface area contributed by atoms with Crippen LogP contribution in [0.5, 0.6) is 0 Å². The molecule has 1 aromatic carbocycles. The number of rotatable bonds is 3. The van der Waals surface area contributed by atoms with E-state index in [9.17, 15) is 4.39 Å². The first-order valence-electron chi connectivity index (χ1n) is 7.09.